The number of esters is 1. The van der Waals surface area contributed by atoms with Crippen LogP contribution in [0.5, 0.6) is 0 Å². The summed E-state index contributed by atoms with van der Waals surface area (Å²) < 4.78 is 10.3. The number of hydrogen-bond donors (Lipinski definition) is 0. The Balaban J connectivity index is 1.87. The first-order chi connectivity index (χ1) is 9.16. The van der Waals surface area contributed by atoms with E-state index in [0.29, 0.717) is 13.0 Å². The molecule has 1 aliphatic heterocycles. The molecule has 19 heavy (non-hydrogen) atoms. The zero-order valence-electron chi connectivity index (χ0n) is 10.9. The Morgan fingerprint density at radius 2 is 2.05 bits per heavy atom. The standard InChI is InChI=1S/C14H17NO4/c1-11(16)19-13-8-5-9-15(13)14(17)18-10-12-6-3-2-4-7-12/h2-4,6-7,13H,5,8-10H2,1H3. The molecule has 1 amide bonds. The average Bonchev–Trinajstić information content (AvgIpc) is 2.84. The number of likely N-dealkylation sites (tertiary alicyclic amines) is 1. The highest BCUT2D eigenvalue weighted by atomic mass is 16.6. The molecule has 0 N–H and O–H groups in total. The van der Waals surface area contributed by atoms with E-state index in [2.05, 4.69) is 0 Å². The van der Waals surface area contributed by atoms with Crippen molar-refractivity contribution in [2.45, 2.75) is 32.6 Å². The van der Waals surface area contributed by atoms with E-state index in [-0.39, 0.29) is 12.6 Å². The summed E-state index contributed by atoms with van der Waals surface area (Å²) in [4.78, 5) is 24.3. The van der Waals surface area contributed by atoms with Gasteiger partial charge in [0.15, 0.2) is 6.23 Å². The highest BCUT2D eigenvalue weighted by Crippen LogP contribution is 2.19. The average molecular weight is 263 g/mol. The molecule has 1 aliphatic rings. The van der Waals surface area contributed by atoms with Gasteiger partial charge in [-0.05, 0) is 12.0 Å². The second-order valence-corrected chi connectivity index (χ2v) is 4.44. The Hall–Kier alpha value is -2.04. The van der Waals surface area contributed by atoms with Gasteiger partial charge in [0.05, 0.1) is 0 Å². The van der Waals surface area contributed by atoms with Crippen molar-refractivity contribution in [3.63, 3.8) is 0 Å². The van der Waals surface area contributed by atoms with Crippen LogP contribution in [0.1, 0.15) is 25.3 Å². The lowest BCUT2D eigenvalue weighted by molar-refractivity contribution is -0.152. The minimum absolute atomic E-state index is 0.225. The molecule has 1 aromatic rings. The van der Waals surface area contributed by atoms with Gasteiger partial charge >= 0.3 is 12.1 Å². The fourth-order valence-corrected chi connectivity index (χ4v) is 2.06. The summed E-state index contributed by atoms with van der Waals surface area (Å²) in [6.45, 7) is 2.13. The van der Waals surface area contributed by atoms with Crippen molar-refractivity contribution in [2.24, 2.45) is 0 Å². The summed E-state index contributed by atoms with van der Waals surface area (Å²) in [7, 11) is 0. The fourth-order valence-electron chi connectivity index (χ4n) is 2.06. The third-order valence-corrected chi connectivity index (χ3v) is 2.94. The molecule has 1 atom stereocenters. The first-order valence-electron chi connectivity index (χ1n) is 6.31. The third-order valence-electron chi connectivity index (χ3n) is 2.94. The third kappa shape index (κ3) is 3.71. The van der Waals surface area contributed by atoms with Gasteiger partial charge in [0.2, 0.25) is 0 Å². The summed E-state index contributed by atoms with van der Waals surface area (Å²) in [6.07, 6.45) is 0.562. The van der Waals surface area contributed by atoms with E-state index in [9.17, 15) is 9.59 Å². The van der Waals surface area contributed by atoms with Crippen LogP contribution >= 0.6 is 0 Å². The van der Waals surface area contributed by atoms with Gasteiger partial charge in [0.25, 0.3) is 0 Å². The molecule has 0 aromatic heterocycles. The molecule has 0 spiro atoms. The molecule has 1 heterocycles. The Kier molecular flexibility index (Phi) is 4.39. The minimum atomic E-state index is -0.485. The van der Waals surface area contributed by atoms with Crippen LogP contribution < -0.4 is 0 Å². The molecule has 5 nitrogen and oxygen atoms in total. The monoisotopic (exact) mass is 263 g/mol. The minimum Gasteiger partial charge on any atom is -0.444 e. The van der Waals surface area contributed by atoms with E-state index < -0.39 is 12.3 Å². The zero-order valence-corrected chi connectivity index (χ0v) is 10.9. The van der Waals surface area contributed by atoms with Gasteiger partial charge in [-0.1, -0.05) is 30.3 Å². The maximum Gasteiger partial charge on any atom is 0.413 e. The molecular weight excluding hydrogens is 246 g/mol. The Morgan fingerprint density at radius 1 is 1.32 bits per heavy atom. The van der Waals surface area contributed by atoms with Crippen molar-refractivity contribution >= 4 is 12.1 Å². The molecule has 1 unspecified atom stereocenters. The lowest BCUT2D eigenvalue weighted by atomic mass is 10.2. The molecule has 0 radical (unpaired) electrons. The van der Waals surface area contributed by atoms with Gasteiger partial charge in [0.1, 0.15) is 6.61 Å². The topological polar surface area (TPSA) is 55.8 Å². The number of ether oxygens (including phenoxy) is 2. The Labute approximate surface area is 112 Å². The number of carbonyl (C=O) groups excluding carboxylic acids is 2. The van der Waals surface area contributed by atoms with Crippen molar-refractivity contribution in [3.05, 3.63) is 35.9 Å². The van der Waals surface area contributed by atoms with Gasteiger partial charge < -0.3 is 9.47 Å². The van der Waals surface area contributed by atoms with Crippen molar-refractivity contribution in [1.29, 1.82) is 0 Å². The predicted octanol–water partition coefficient (Wildman–Crippen LogP) is 2.31. The Morgan fingerprint density at radius 3 is 2.74 bits per heavy atom. The molecule has 5 heteroatoms. The molecule has 1 fully saturated rings. The van der Waals surface area contributed by atoms with Gasteiger partial charge in [-0.2, -0.15) is 0 Å². The second-order valence-electron chi connectivity index (χ2n) is 4.44. The van der Waals surface area contributed by atoms with E-state index in [4.69, 9.17) is 9.47 Å². The SMILES string of the molecule is CC(=O)OC1CCCN1C(=O)OCc1ccccc1. The Bertz CT molecular complexity index is 446. The summed E-state index contributed by atoms with van der Waals surface area (Å²) in [5, 5.41) is 0. The van der Waals surface area contributed by atoms with E-state index in [1.807, 2.05) is 30.3 Å². The van der Waals surface area contributed by atoms with Crippen LogP contribution in [0.3, 0.4) is 0 Å². The second kappa shape index (κ2) is 6.22. The van der Waals surface area contributed by atoms with Gasteiger partial charge in [-0.25, -0.2) is 4.79 Å². The van der Waals surface area contributed by atoms with Gasteiger partial charge in [-0.15, -0.1) is 0 Å². The van der Waals surface area contributed by atoms with E-state index in [1.165, 1.54) is 11.8 Å². The number of rotatable bonds is 3. The molecule has 1 saturated heterocycles. The van der Waals surface area contributed by atoms with Crippen LogP contribution in [0.4, 0.5) is 4.79 Å². The zero-order chi connectivity index (χ0) is 13.7. The smallest absolute Gasteiger partial charge is 0.413 e. The summed E-state index contributed by atoms with van der Waals surface area (Å²) >= 11 is 0. The number of nitrogens with zero attached hydrogens (tertiary/aromatic N) is 1. The fraction of sp³-hybridized carbons (Fsp3) is 0.429. The van der Waals surface area contributed by atoms with Crippen molar-refractivity contribution in [1.82, 2.24) is 4.90 Å². The quantitative estimate of drug-likeness (QED) is 0.785. The summed E-state index contributed by atoms with van der Waals surface area (Å²) in [6, 6.07) is 9.46. The highest BCUT2D eigenvalue weighted by Gasteiger charge is 2.32. The highest BCUT2D eigenvalue weighted by molar-refractivity contribution is 5.70. The number of benzene rings is 1. The maximum atomic E-state index is 11.9. The molecule has 0 aliphatic carbocycles. The maximum absolute atomic E-state index is 11.9. The largest absolute Gasteiger partial charge is 0.444 e. The summed E-state index contributed by atoms with van der Waals surface area (Å²) in [5.74, 6) is -0.382. The van der Waals surface area contributed by atoms with E-state index >= 15 is 0 Å². The number of carbonyl (C=O) groups is 2. The summed E-state index contributed by atoms with van der Waals surface area (Å²) in [5.41, 5.74) is 0.930. The molecule has 2 rings (SSSR count). The first kappa shape index (κ1) is 13.4. The normalized spacial score (nSPS) is 18.2. The lowest BCUT2D eigenvalue weighted by Gasteiger charge is -2.23. The van der Waals surface area contributed by atoms with Crippen LogP contribution in [0, 0.1) is 0 Å². The molecule has 102 valence electrons. The van der Waals surface area contributed by atoms with Crippen molar-refractivity contribution in [2.75, 3.05) is 6.54 Å². The van der Waals surface area contributed by atoms with Crippen LogP contribution in [0.2, 0.25) is 0 Å². The molecule has 0 bridgehead atoms. The number of hydrogen-bond acceptors (Lipinski definition) is 4. The van der Waals surface area contributed by atoms with E-state index in [1.54, 1.807) is 0 Å². The number of amides is 1. The van der Waals surface area contributed by atoms with Crippen molar-refractivity contribution in [3.8, 4) is 0 Å². The molecule has 1 aromatic carbocycles. The van der Waals surface area contributed by atoms with E-state index in [0.717, 1.165) is 12.0 Å². The van der Waals surface area contributed by atoms with Crippen molar-refractivity contribution < 1.29 is 19.1 Å². The predicted molar refractivity (Wildman–Crippen MR) is 68.1 cm³/mol. The lowest BCUT2D eigenvalue weighted by Crippen LogP contribution is -2.38. The van der Waals surface area contributed by atoms with Gasteiger partial charge in [0, 0.05) is 19.9 Å². The van der Waals surface area contributed by atoms with Crippen LogP contribution in [0.15, 0.2) is 30.3 Å². The van der Waals surface area contributed by atoms with Gasteiger partial charge in [-0.3, -0.25) is 9.69 Å². The van der Waals surface area contributed by atoms with Crippen LogP contribution in [-0.4, -0.2) is 29.7 Å². The van der Waals surface area contributed by atoms with Crippen LogP contribution in [-0.2, 0) is 20.9 Å². The first-order valence-corrected chi connectivity index (χ1v) is 6.31. The molecular formula is C14H17NO4. The van der Waals surface area contributed by atoms with Crippen LogP contribution in [0.25, 0.3) is 0 Å². The molecule has 0 saturated carbocycles.